The summed E-state index contributed by atoms with van der Waals surface area (Å²) in [6, 6.07) is 6.35. The summed E-state index contributed by atoms with van der Waals surface area (Å²) in [6.07, 6.45) is 3.04. The topological polar surface area (TPSA) is 30.0 Å². The van der Waals surface area contributed by atoms with E-state index in [0.717, 1.165) is 5.56 Å². The van der Waals surface area contributed by atoms with Gasteiger partial charge in [-0.25, -0.2) is 4.39 Å². The molecule has 2 nitrogen and oxygen atoms in total. The maximum absolute atomic E-state index is 13.8. The highest BCUT2D eigenvalue weighted by Gasteiger charge is 2.16. The fraction of sp³-hybridized carbons (Fsp3) is 0.143. The highest BCUT2D eigenvalue weighted by Crippen LogP contribution is 2.19. The van der Waals surface area contributed by atoms with Crippen molar-refractivity contribution < 1.29 is 9.18 Å². The summed E-state index contributed by atoms with van der Waals surface area (Å²) in [4.78, 5) is 16.0. The van der Waals surface area contributed by atoms with Crippen LogP contribution in [0.25, 0.3) is 0 Å². The first-order valence-corrected chi connectivity index (χ1v) is 5.31. The van der Waals surface area contributed by atoms with Crippen LogP contribution >= 0.6 is 0 Å². The molecular weight excluding hydrogens is 217 g/mol. The number of nitrogens with zero attached hydrogens (tertiary/aromatic N) is 1. The molecule has 0 aliphatic carbocycles. The van der Waals surface area contributed by atoms with Crippen molar-refractivity contribution in [2.45, 2.75) is 13.8 Å². The number of aromatic nitrogens is 1. The average Bonchev–Trinajstić information content (AvgIpc) is 2.28. The molecule has 86 valence electrons. The standard InChI is InChI=1S/C14H12FNO/c1-9-7-10(2)13(12(15)8-9)14(17)11-3-5-16-6-4-11/h3-8H,1-2H3. The highest BCUT2D eigenvalue weighted by molar-refractivity contribution is 6.10. The molecule has 0 spiro atoms. The molecule has 0 saturated carbocycles. The van der Waals surface area contributed by atoms with E-state index in [4.69, 9.17) is 0 Å². The van der Waals surface area contributed by atoms with Crippen LogP contribution in [-0.2, 0) is 0 Å². The summed E-state index contributed by atoms with van der Waals surface area (Å²) in [5.74, 6) is -0.772. The van der Waals surface area contributed by atoms with Gasteiger partial charge in [0.05, 0.1) is 5.56 Å². The first kappa shape index (κ1) is 11.5. The van der Waals surface area contributed by atoms with Crippen molar-refractivity contribution in [2.24, 2.45) is 0 Å². The van der Waals surface area contributed by atoms with Crippen molar-refractivity contribution in [3.63, 3.8) is 0 Å². The molecule has 0 amide bonds. The van der Waals surface area contributed by atoms with Crippen LogP contribution in [-0.4, -0.2) is 10.8 Å². The van der Waals surface area contributed by atoms with Gasteiger partial charge in [0.25, 0.3) is 0 Å². The van der Waals surface area contributed by atoms with Crippen LogP contribution in [0.4, 0.5) is 4.39 Å². The number of ketones is 1. The van der Waals surface area contributed by atoms with Crippen LogP contribution in [0.5, 0.6) is 0 Å². The molecular formula is C14H12FNO. The van der Waals surface area contributed by atoms with Crippen LogP contribution in [0, 0.1) is 19.7 Å². The van der Waals surface area contributed by atoms with E-state index in [1.807, 2.05) is 0 Å². The van der Waals surface area contributed by atoms with Crippen molar-refractivity contribution in [1.29, 1.82) is 0 Å². The molecule has 0 bridgehead atoms. The Morgan fingerprint density at radius 2 is 1.82 bits per heavy atom. The third-order valence-corrected chi connectivity index (χ3v) is 2.60. The van der Waals surface area contributed by atoms with Gasteiger partial charge in [-0.15, -0.1) is 0 Å². The minimum absolute atomic E-state index is 0.141. The molecule has 2 rings (SSSR count). The van der Waals surface area contributed by atoms with Crippen LogP contribution in [0.3, 0.4) is 0 Å². The van der Waals surface area contributed by atoms with E-state index in [2.05, 4.69) is 4.98 Å². The SMILES string of the molecule is Cc1cc(C)c(C(=O)c2ccncc2)c(F)c1. The summed E-state index contributed by atoms with van der Waals surface area (Å²) in [7, 11) is 0. The lowest BCUT2D eigenvalue weighted by molar-refractivity contribution is 0.103. The Labute approximate surface area is 99.1 Å². The third kappa shape index (κ3) is 2.23. The number of hydrogen-bond donors (Lipinski definition) is 0. The first-order valence-electron chi connectivity index (χ1n) is 5.31. The zero-order chi connectivity index (χ0) is 12.4. The van der Waals surface area contributed by atoms with Gasteiger partial charge in [-0.2, -0.15) is 0 Å². The fourth-order valence-electron chi connectivity index (χ4n) is 1.85. The van der Waals surface area contributed by atoms with Crippen LogP contribution in [0.15, 0.2) is 36.7 Å². The number of benzene rings is 1. The molecule has 2 aromatic rings. The van der Waals surface area contributed by atoms with Gasteiger partial charge in [-0.05, 0) is 43.2 Å². The summed E-state index contributed by atoms with van der Waals surface area (Å²) in [5, 5.41) is 0. The van der Waals surface area contributed by atoms with Gasteiger partial charge >= 0.3 is 0 Å². The molecule has 1 aromatic heterocycles. The Bertz CT molecular complexity index is 541. The van der Waals surface area contributed by atoms with E-state index < -0.39 is 5.82 Å². The molecule has 0 saturated heterocycles. The number of pyridine rings is 1. The van der Waals surface area contributed by atoms with Gasteiger partial charge in [0.2, 0.25) is 0 Å². The molecule has 0 aliphatic rings. The number of halogens is 1. The van der Waals surface area contributed by atoms with Gasteiger partial charge in [0.15, 0.2) is 5.78 Å². The normalized spacial score (nSPS) is 10.3. The zero-order valence-corrected chi connectivity index (χ0v) is 9.70. The van der Waals surface area contributed by atoms with Gasteiger partial charge in [-0.1, -0.05) is 6.07 Å². The van der Waals surface area contributed by atoms with E-state index in [-0.39, 0.29) is 11.3 Å². The number of carbonyl (C=O) groups excluding carboxylic acids is 1. The van der Waals surface area contributed by atoms with E-state index in [1.165, 1.54) is 18.5 Å². The van der Waals surface area contributed by atoms with Gasteiger partial charge in [0, 0.05) is 18.0 Å². The maximum Gasteiger partial charge on any atom is 0.196 e. The summed E-state index contributed by atoms with van der Waals surface area (Å²) < 4.78 is 13.8. The lowest BCUT2D eigenvalue weighted by Gasteiger charge is -2.07. The smallest absolute Gasteiger partial charge is 0.196 e. The number of hydrogen-bond acceptors (Lipinski definition) is 2. The van der Waals surface area contributed by atoms with Crippen LogP contribution in [0.2, 0.25) is 0 Å². The Kier molecular flexibility index (Phi) is 3.00. The summed E-state index contributed by atoms with van der Waals surface area (Å²) in [5.41, 5.74) is 2.06. The largest absolute Gasteiger partial charge is 0.288 e. The lowest BCUT2D eigenvalue weighted by Crippen LogP contribution is -2.07. The molecule has 1 aromatic carbocycles. The Balaban J connectivity index is 2.52. The predicted molar refractivity (Wildman–Crippen MR) is 63.5 cm³/mol. The van der Waals surface area contributed by atoms with Gasteiger partial charge in [-0.3, -0.25) is 9.78 Å². The first-order chi connectivity index (χ1) is 8.09. The maximum atomic E-state index is 13.8. The van der Waals surface area contributed by atoms with Crippen LogP contribution in [0.1, 0.15) is 27.0 Å². The molecule has 0 aliphatic heterocycles. The number of aryl methyl sites for hydroxylation is 2. The summed E-state index contributed by atoms with van der Waals surface area (Å²) in [6.45, 7) is 3.54. The minimum atomic E-state index is -0.468. The van der Waals surface area contributed by atoms with E-state index in [0.29, 0.717) is 11.1 Å². The monoisotopic (exact) mass is 229 g/mol. The molecule has 3 heteroatoms. The molecule has 0 fully saturated rings. The Morgan fingerprint density at radius 3 is 2.41 bits per heavy atom. The van der Waals surface area contributed by atoms with Gasteiger partial charge in [0.1, 0.15) is 5.82 Å². The quantitative estimate of drug-likeness (QED) is 0.741. The lowest BCUT2D eigenvalue weighted by atomic mass is 9.97. The fourth-order valence-corrected chi connectivity index (χ4v) is 1.85. The van der Waals surface area contributed by atoms with E-state index in [9.17, 15) is 9.18 Å². The third-order valence-electron chi connectivity index (χ3n) is 2.60. The van der Waals surface area contributed by atoms with E-state index >= 15 is 0 Å². The van der Waals surface area contributed by atoms with Crippen LogP contribution < -0.4 is 0 Å². The molecule has 0 N–H and O–H groups in total. The molecule has 1 heterocycles. The van der Waals surface area contributed by atoms with Crippen molar-refractivity contribution in [3.8, 4) is 0 Å². The second-order valence-electron chi connectivity index (χ2n) is 4.00. The highest BCUT2D eigenvalue weighted by atomic mass is 19.1. The zero-order valence-electron chi connectivity index (χ0n) is 9.70. The Hall–Kier alpha value is -2.03. The Morgan fingerprint density at radius 1 is 1.18 bits per heavy atom. The number of rotatable bonds is 2. The molecule has 0 radical (unpaired) electrons. The molecule has 17 heavy (non-hydrogen) atoms. The molecule has 0 unspecified atom stereocenters. The number of carbonyl (C=O) groups is 1. The summed E-state index contributed by atoms with van der Waals surface area (Å²) >= 11 is 0. The van der Waals surface area contributed by atoms with E-state index in [1.54, 1.807) is 32.0 Å². The second-order valence-corrected chi connectivity index (χ2v) is 4.00. The molecule has 0 atom stereocenters. The van der Waals surface area contributed by atoms with Gasteiger partial charge < -0.3 is 0 Å². The minimum Gasteiger partial charge on any atom is -0.288 e. The van der Waals surface area contributed by atoms with Crippen molar-refractivity contribution in [1.82, 2.24) is 4.98 Å². The second kappa shape index (κ2) is 4.45. The van der Waals surface area contributed by atoms with Crippen molar-refractivity contribution in [2.75, 3.05) is 0 Å². The van der Waals surface area contributed by atoms with Crippen molar-refractivity contribution in [3.05, 3.63) is 64.7 Å². The predicted octanol–water partition coefficient (Wildman–Crippen LogP) is 3.07. The average molecular weight is 229 g/mol. The van der Waals surface area contributed by atoms with Crippen molar-refractivity contribution >= 4 is 5.78 Å².